The van der Waals surface area contributed by atoms with Crippen LogP contribution in [0.25, 0.3) is 0 Å². The van der Waals surface area contributed by atoms with E-state index in [-0.39, 0.29) is 0 Å². The van der Waals surface area contributed by atoms with Crippen LogP contribution in [0.1, 0.15) is 12.5 Å². The van der Waals surface area contributed by atoms with Crippen LogP contribution in [0.4, 0.5) is 11.4 Å². The quantitative estimate of drug-likeness (QED) is 0.601. The molecule has 0 atom stereocenters. The molecule has 0 amide bonds. The summed E-state index contributed by atoms with van der Waals surface area (Å²) in [6.07, 6.45) is 3.89. The molecule has 0 unspecified atom stereocenters. The average Bonchev–Trinajstić information content (AvgIpc) is 2.49. The Hall–Kier alpha value is -2.32. The Morgan fingerprint density at radius 3 is 2.33 bits per heavy atom. The summed E-state index contributed by atoms with van der Waals surface area (Å²) < 4.78 is 0.906. The fourth-order valence-electron chi connectivity index (χ4n) is 1.57. The number of carbonyl (C=O) groups excluding carboxylic acids is 2. The number of isocyanates is 2. The van der Waals surface area contributed by atoms with Gasteiger partial charge in [0.25, 0.3) is 0 Å². The van der Waals surface area contributed by atoms with Crippen LogP contribution in [-0.2, 0) is 16.0 Å². The van der Waals surface area contributed by atoms with Crippen LogP contribution >= 0.6 is 15.9 Å². The summed E-state index contributed by atoms with van der Waals surface area (Å²) in [4.78, 5) is 26.7. The smallest absolute Gasteiger partial charge is 0.211 e. The zero-order valence-corrected chi connectivity index (χ0v) is 13.0. The lowest BCUT2D eigenvalue weighted by Crippen LogP contribution is -1.78. The van der Waals surface area contributed by atoms with Gasteiger partial charge in [-0.3, -0.25) is 0 Å². The highest BCUT2D eigenvalue weighted by Gasteiger charge is 1.95. The minimum Gasteiger partial charge on any atom is -0.211 e. The number of rotatable bonds is 3. The van der Waals surface area contributed by atoms with E-state index in [9.17, 15) is 9.59 Å². The van der Waals surface area contributed by atoms with Crippen LogP contribution in [0.5, 0.6) is 0 Å². The first-order chi connectivity index (χ1) is 10.2. The van der Waals surface area contributed by atoms with Gasteiger partial charge in [0.2, 0.25) is 12.2 Å². The molecule has 5 heteroatoms. The van der Waals surface area contributed by atoms with Crippen molar-refractivity contribution >= 4 is 39.5 Å². The van der Waals surface area contributed by atoms with Crippen LogP contribution in [-0.4, -0.2) is 12.2 Å². The van der Waals surface area contributed by atoms with Crippen molar-refractivity contribution in [1.82, 2.24) is 0 Å². The molecular weight excluding hydrogens is 332 g/mol. The molecule has 0 aromatic heterocycles. The van der Waals surface area contributed by atoms with Gasteiger partial charge in [-0.15, -0.1) is 0 Å². The lowest BCUT2D eigenvalue weighted by Gasteiger charge is -1.97. The van der Waals surface area contributed by atoms with Gasteiger partial charge in [-0.2, -0.15) is 9.98 Å². The number of benzene rings is 2. The predicted octanol–water partition coefficient (Wildman–Crippen LogP) is 4.63. The number of aliphatic imine (C=N–C) groups is 2. The maximum Gasteiger partial charge on any atom is 0.240 e. The Morgan fingerprint density at radius 1 is 1.00 bits per heavy atom. The van der Waals surface area contributed by atoms with Gasteiger partial charge >= 0.3 is 0 Å². The number of aryl methyl sites for hydroxylation is 1. The summed E-state index contributed by atoms with van der Waals surface area (Å²) in [6.45, 7) is 2.03. The van der Waals surface area contributed by atoms with Crippen molar-refractivity contribution in [2.45, 2.75) is 13.3 Å². The van der Waals surface area contributed by atoms with Gasteiger partial charge < -0.3 is 0 Å². The third-order valence-corrected chi connectivity index (χ3v) is 3.01. The van der Waals surface area contributed by atoms with Crippen molar-refractivity contribution in [3.8, 4) is 0 Å². The van der Waals surface area contributed by atoms with Gasteiger partial charge in [0.15, 0.2) is 0 Å². The molecule has 0 radical (unpaired) electrons. The Balaban J connectivity index is 0.000000211. The molecule has 0 aliphatic rings. The number of para-hydroxylation sites is 1. The number of hydrogen-bond acceptors (Lipinski definition) is 4. The molecule has 21 heavy (non-hydrogen) atoms. The summed E-state index contributed by atoms with van der Waals surface area (Å²) in [7, 11) is 0. The Morgan fingerprint density at radius 2 is 1.71 bits per heavy atom. The SMILES string of the molecule is CCc1ccccc1N=C=O.O=C=Nc1cccc(Br)c1. The molecule has 0 fully saturated rings. The van der Waals surface area contributed by atoms with Crippen LogP contribution in [0.15, 0.2) is 63.0 Å². The summed E-state index contributed by atoms with van der Waals surface area (Å²) in [5, 5.41) is 0. The Kier molecular flexibility index (Phi) is 7.62. The summed E-state index contributed by atoms with van der Waals surface area (Å²) in [5.74, 6) is 0. The maximum atomic E-state index is 9.95. The zero-order chi connectivity index (χ0) is 15.5. The summed E-state index contributed by atoms with van der Waals surface area (Å²) in [5.41, 5.74) is 2.42. The van der Waals surface area contributed by atoms with E-state index in [0.29, 0.717) is 5.69 Å². The van der Waals surface area contributed by atoms with Crippen LogP contribution in [0.3, 0.4) is 0 Å². The standard InChI is InChI=1S/C9H9NO.C7H4BrNO/c1-2-8-5-3-4-6-9(8)10-7-11;8-6-2-1-3-7(4-6)9-5-10/h3-6H,2H2,1H3;1-4H. The monoisotopic (exact) mass is 344 g/mol. The van der Waals surface area contributed by atoms with Crippen molar-refractivity contribution in [1.29, 1.82) is 0 Å². The number of hydrogen-bond donors (Lipinski definition) is 0. The van der Waals surface area contributed by atoms with E-state index < -0.39 is 0 Å². The molecule has 4 nitrogen and oxygen atoms in total. The van der Waals surface area contributed by atoms with Gasteiger partial charge in [0.1, 0.15) is 0 Å². The molecule has 2 aromatic rings. The molecule has 0 aliphatic carbocycles. The maximum absolute atomic E-state index is 9.95. The average molecular weight is 345 g/mol. The predicted molar refractivity (Wildman–Crippen MR) is 85.5 cm³/mol. The van der Waals surface area contributed by atoms with E-state index >= 15 is 0 Å². The second-order valence-corrected chi connectivity index (χ2v) is 4.78. The van der Waals surface area contributed by atoms with Gasteiger partial charge in [-0.05, 0) is 36.2 Å². The summed E-state index contributed by atoms with van der Waals surface area (Å²) >= 11 is 3.24. The highest BCUT2D eigenvalue weighted by atomic mass is 79.9. The molecule has 0 heterocycles. The Bertz CT molecular complexity index is 688. The lowest BCUT2D eigenvalue weighted by atomic mass is 10.1. The van der Waals surface area contributed by atoms with E-state index in [1.54, 1.807) is 18.2 Å². The van der Waals surface area contributed by atoms with Crippen LogP contribution in [0, 0.1) is 0 Å². The second kappa shape index (κ2) is 9.56. The van der Waals surface area contributed by atoms with Gasteiger partial charge in [0, 0.05) is 4.47 Å². The van der Waals surface area contributed by atoms with Crippen molar-refractivity contribution in [3.05, 3.63) is 58.6 Å². The first kappa shape index (κ1) is 16.7. The highest BCUT2D eigenvalue weighted by molar-refractivity contribution is 9.10. The van der Waals surface area contributed by atoms with Gasteiger partial charge in [-0.25, -0.2) is 9.59 Å². The Labute approximate surface area is 131 Å². The molecule has 0 saturated carbocycles. The third-order valence-electron chi connectivity index (χ3n) is 2.52. The minimum atomic E-state index is 0.615. The minimum absolute atomic E-state index is 0.615. The molecule has 0 N–H and O–H groups in total. The fraction of sp³-hybridized carbons (Fsp3) is 0.125. The van der Waals surface area contributed by atoms with Crippen LogP contribution < -0.4 is 0 Å². The number of halogens is 1. The van der Waals surface area contributed by atoms with E-state index in [1.807, 2.05) is 37.3 Å². The van der Waals surface area contributed by atoms with Gasteiger partial charge in [0.05, 0.1) is 11.4 Å². The third kappa shape index (κ3) is 6.11. The van der Waals surface area contributed by atoms with E-state index in [2.05, 4.69) is 25.9 Å². The fourth-order valence-corrected chi connectivity index (χ4v) is 1.95. The molecule has 0 aliphatic heterocycles. The van der Waals surface area contributed by atoms with Crippen LogP contribution in [0.2, 0.25) is 0 Å². The van der Waals surface area contributed by atoms with Crippen molar-refractivity contribution in [2.75, 3.05) is 0 Å². The molecule has 0 spiro atoms. The largest absolute Gasteiger partial charge is 0.240 e. The number of nitrogens with zero attached hydrogens (tertiary/aromatic N) is 2. The lowest BCUT2D eigenvalue weighted by molar-refractivity contribution is 0.564. The molecule has 2 rings (SSSR count). The normalized spacial score (nSPS) is 8.67. The zero-order valence-electron chi connectivity index (χ0n) is 11.4. The van der Waals surface area contributed by atoms with Crippen molar-refractivity contribution in [2.24, 2.45) is 9.98 Å². The molecule has 0 bridgehead atoms. The summed E-state index contributed by atoms with van der Waals surface area (Å²) in [6, 6.07) is 14.7. The van der Waals surface area contributed by atoms with E-state index in [4.69, 9.17) is 0 Å². The first-order valence-corrected chi connectivity index (χ1v) is 6.99. The van der Waals surface area contributed by atoms with Crippen molar-refractivity contribution < 1.29 is 9.59 Å². The van der Waals surface area contributed by atoms with E-state index in [0.717, 1.165) is 22.1 Å². The molecule has 106 valence electrons. The second-order valence-electron chi connectivity index (χ2n) is 3.87. The van der Waals surface area contributed by atoms with Crippen molar-refractivity contribution in [3.63, 3.8) is 0 Å². The molecule has 0 saturated heterocycles. The van der Waals surface area contributed by atoms with E-state index in [1.165, 1.54) is 12.2 Å². The first-order valence-electron chi connectivity index (χ1n) is 6.20. The topological polar surface area (TPSA) is 58.9 Å². The molecular formula is C16H13BrN2O2. The highest BCUT2D eigenvalue weighted by Crippen LogP contribution is 2.18. The molecule has 2 aromatic carbocycles. The van der Waals surface area contributed by atoms with Gasteiger partial charge in [-0.1, -0.05) is 47.1 Å².